The van der Waals surface area contributed by atoms with Crippen molar-refractivity contribution in [3.05, 3.63) is 47.0 Å². The highest BCUT2D eigenvalue weighted by Gasteiger charge is 2.30. The molecule has 2 rings (SSSR count). The molecule has 1 N–H and O–H groups in total. The molecule has 0 saturated heterocycles. The minimum absolute atomic E-state index is 0.0368. The Kier molecular flexibility index (Phi) is 3.76. The van der Waals surface area contributed by atoms with Crippen molar-refractivity contribution in [2.45, 2.75) is 31.5 Å². The Labute approximate surface area is 105 Å². The van der Waals surface area contributed by atoms with Crippen LogP contribution in [0.5, 0.6) is 0 Å². The summed E-state index contributed by atoms with van der Waals surface area (Å²) < 4.78 is 37.4. The predicted molar refractivity (Wildman–Crippen MR) is 65.2 cm³/mol. The Morgan fingerprint density at radius 3 is 2.28 bits per heavy atom. The second-order valence-electron chi connectivity index (χ2n) is 4.51. The molecule has 98 valence electrons. The predicted octanol–water partition coefficient (Wildman–Crippen LogP) is 4.08. The van der Waals surface area contributed by atoms with Gasteiger partial charge in [0.25, 0.3) is 0 Å². The van der Waals surface area contributed by atoms with Gasteiger partial charge in [-0.15, -0.1) is 0 Å². The number of hydrogen-bond donors (Lipinski definition) is 1. The second kappa shape index (κ2) is 5.14. The molecule has 0 spiro atoms. The summed E-state index contributed by atoms with van der Waals surface area (Å²) in [6, 6.07) is 5.45. The zero-order valence-corrected chi connectivity index (χ0v) is 10.2. The Bertz CT molecular complexity index is 431. The Morgan fingerprint density at radius 1 is 1.17 bits per heavy atom. The van der Waals surface area contributed by atoms with Gasteiger partial charge in [-0.3, -0.25) is 0 Å². The number of halogens is 3. The Balaban J connectivity index is 2.22. The molecular weight excluding hydrogens is 239 g/mol. The van der Waals surface area contributed by atoms with Crippen LogP contribution in [0, 0.1) is 0 Å². The summed E-state index contributed by atoms with van der Waals surface area (Å²) >= 11 is 0. The molecule has 0 radical (unpaired) electrons. The number of benzene rings is 1. The first-order chi connectivity index (χ1) is 8.52. The van der Waals surface area contributed by atoms with E-state index in [1.807, 2.05) is 7.05 Å². The molecule has 18 heavy (non-hydrogen) atoms. The van der Waals surface area contributed by atoms with Crippen LogP contribution in [0.1, 0.15) is 36.4 Å². The molecule has 1 atom stereocenters. The van der Waals surface area contributed by atoms with Gasteiger partial charge in [-0.25, -0.2) is 0 Å². The van der Waals surface area contributed by atoms with E-state index in [0.29, 0.717) is 0 Å². The Morgan fingerprint density at radius 2 is 1.83 bits per heavy atom. The average Bonchev–Trinajstić information content (AvgIpc) is 2.83. The van der Waals surface area contributed by atoms with E-state index in [4.69, 9.17) is 0 Å². The lowest BCUT2D eigenvalue weighted by molar-refractivity contribution is -0.137. The molecule has 0 aromatic heterocycles. The van der Waals surface area contributed by atoms with Crippen molar-refractivity contribution in [3.63, 3.8) is 0 Å². The van der Waals surface area contributed by atoms with Crippen LogP contribution in [0.25, 0.3) is 0 Å². The molecule has 0 aliphatic heterocycles. The molecule has 1 nitrogen and oxygen atoms in total. The molecule has 1 aromatic rings. The normalized spacial score (nSPS) is 17.7. The van der Waals surface area contributed by atoms with Crippen molar-refractivity contribution in [1.82, 2.24) is 5.32 Å². The molecule has 0 amide bonds. The highest BCUT2D eigenvalue weighted by atomic mass is 19.4. The van der Waals surface area contributed by atoms with Crippen LogP contribution in [0.4, 0.5) is 13.2 Å². The topological polar surface area (TPSA) is 12.0 Å². The fourth-order valence-corrected chi connectivity index (χ4v) is 2.39. The Hall–Kier alpha value is -1.29. The zero-order valence-electron chi connectivity index (χ0n) is 10.2. The molecule has 0 heterocycles. The lowest BCUT2D eigenvalue weighted by Crippen LogP contribution is -2.18. The molecular formula is C14H16F3N. The zero-order chi connectivity index (χ0) is 13.2. The van der Waals surface area contributed by atoms with Crippen molar-refractivity contribution in [2.24, 2.45) is 0 Å². The van der Waals surface area contributed by atoms with E-state index in [0.717, 1.165) is 37.0 Å². The summed E-state index contributed by atoms with van der Waals surface area (Å²) in [6.07, 6.45) is 1.13. The van der Waals surface area contributed by atoms with Crippen LogP contribution < -0.4 is 5.32 Å². The third-order valence-electron chi connectivity index (χ3n) is 3.31. The van der Waals surface area contributed by atoms with Crippen molar-refractivity contribution < 1.29 is 13.2 Å². The molecule has 1 unspecified atom stereocenters. The summed E-state index contributed by atoms with van der Waals surface area (Å²) in [5.41, 5.74) is 1.57. The van der Waals surface area contributed by atoms with Crippen LogP contribution in [-0.4, -0.2) is 7.05 Å². The standard InChI is InChI=1S/C14H16F3N/c1-18-13(10-4-2-3-5-10)11-6-8-12(9-7-11)14(15,16)17/h4,6-9,13,18H,2-3,5H2,1H3. The van der Waals surface area contributed by atoms with Crippen LogP contribution in [0.3, 0.4) is 0 Å². The summed E-state index contributed by atoms with van der Waals surface area (Å²) in [7, 11) is 1.83. The third kappa shape index (κ3) is 2.75. The first-order valence-electron chi connectivity index (χ1n) is 6.05. The smallest absolute Gasteiger partial charge is 0.310 e. The van der Waals surface area contributed by atoms with Crippen LogP contribution >= 0.6 is 0 Å². The highest BCUT2D eigenvalue weighted by molar-refractivity contribution is 5.33. The first-order valence-corrected chi connectivity index (χ1v) is 6.05. The average molecular weight is 255 g/mol. The van der Waals surface area contributed by atoms with Crippen molar-refractivity contribution in [3.8, 4) is 0 Å². The van der Waals surface area contributed by atoms with Gasteiger partial charge in [-0.05, 0) is 44.0 Å². The number of allylic oxidation sites excluding steroid dienone is 1. The van der Waals surface area contributed by atoms with Gasteiger partial charge < -0.3 is 5.32 Å². The van der Waals surface area contributed by atoms with Gasteiger partial charge in [0.2, 0.25) is 0 Å². The van der Waals surface area contributed by atoms with Gasteiger partial charge in [-0.1, -0.05) is 23.8 Å². The fourth-order valence-electron chi connectivity index (χ4n) is 2.39. The minimum Gasteiger partial charge on any atom is -0.310 e. The van der Waals surface area contributed by atoms with E-state index in [-0.39, 0.29) is 6.04 Å². The number of nitrogens with one attached hydrogen (secondary N) is 1. The number of alkyl halides is 3. The maximum atomic E-state index is 12.5. The van der Waals surface area contributed by atoms with Crippen LogP contribution in [0.2, 0.25) is 0 Å². The maximum absolute atomic E-state index is 12.5. The van der Waals surface area contributed by atoms with Gasteiger partial charge >= 0.3 is 6.18 Å². The molecule has 0 bridgehead atoms. The molecule has 0 fully saturated rings. The van der Waals surface area contributed by atoms with Gasteiger partial charge in [-0.2, -0.15) is 13.2 Å². The maximum Gasteiger partial charge on any atom is 0.416 e. The minimum atomic E-state index is -4.26. The lowest BCUT2D eigenvalue weighted by Gasteiger charge is -2.19. The SMILES string of the molecule is CNC(C1=CCCC1)c1ccc(C(F)(F)F)cc1. The van der Waals surface area contributed by atoms with Gasteiger partial charge in [0.1, 0.15) is 0 Å². The molecule has 0 saturated carbocycles. The fraction of sp³-hybridized carbons (Fsp3) is 0.429. The first kappa shape index (κ1) is 13.1. The van der Waals surface area contributed by atoms with Crippen LogP contribution in [-0.2, 0) is 6.18 Å². The third-order valence-corrected chi connectivity index (χ3v) is 3.31. The van der Waals surface area contributed by atoms with Gasteiger partial charge in [0, 0.05) is 0 Å². The van der Waals surface area contributed by atoms with E-state index in [2.05, 4.69) is 11.4 Å². The van der Waals surface area contributed by atoms with Gasteiger partial charge in [0.05, 0.1) is 11.6 Å². The van der Waals surface area contributed by atoms with Crippen molar-refractivity contribution in [2.75, 3.05) is 7.05 Å². The number of hydrogen-bond acceptors (Lipinski definition) is 1. The van der Waals surface area contributed by atoms with Crippen molar-refractivity contribution in [1.29, 1.82) is 0 Å². The number of likely N-dealkylation sites (N-methyl/N-ethyl adjacent to an activating group) is 1. The van der Waals surface area contributed by atoms with E-state index in [1.54, 1.807) is 12.1 Å². The van der Waals surface area contributed by atoms with Gasteiger partial charge in [0.15, 0.2) is 0 Å². The second-order valence-corrected chi connectivity index (χ2v) is 4.51. The van der Waals surface area contributed by atoms with E-state index in [9.17, 15) is 13.2 Å². The quantitative estimate of drug-likeness (QED) is 0.802. The summed E-state index contributed by atoms with van der Waals surface area (Å²) in [4.78, 5) is 0. The molecule has 1 aromatic carbocycles. The molecule has 4 heteroatoms. The lowest BCUT2D eigenvalue weighted by atomic mass is 9.97. The monoisotopic (exact) mass is 255 g/mol. The van der Waals surface area contributed by atoms with Crippen molar-refractivity contribution >= 4 is 0 Å². The summed E-state index contributed by atoms with van der Waals surface area (Å²) in [5.74, 6) is 0. The van der Waals surface area contributed by atoms with E-state index >= 15 is 0 Å². The molecule has 1 aliphatic carbocycles. The highest BCUT2D eigenvalue weighted by Crippen LogP contribution is 2.33. The largest absolute Gasteiger partial charge is 0.416 e. The number of rotatable bonds is 3. The van der Waals surface area contributed by atoms with E-state index in [1.165, 1.54) is 5.57 Å². The summed E-state index contributed by atoms with van der Waals surface area (Å²) in [5, 5.41) is 3.17. The summed E-state index contributed by atoms with van der Waals surface area (Å²) in [6.45, 7) is 0. The van der Waals surface area contributed by atoms with E-state index < -0.39 is 11.7 Å². The van der Waals surface area contributed by atoms with Crippen LogP contribution in [0.15, 0.2) is 35.9 Å². The molecule has 1 aliphatic rings.